The van der Waals surface area contributed by atoms with Gasteiger partial charge in [-0.1, -0.05) is 41.9 Å². The van der Waals surface area contributed by atoms with Gasteiger partial charge in [0.05, 0.1) is 7.11 Å². The molecule has 0 aliphatic heterocycles. The number of carbonyl (C=O) groups is 2. The number of nitrogens with one attached hydrogen (secondary N) is 2. The Morgan fingerprint density at radius 1 is 1.16 bits per heavy atom. The first-order valence-electron chi connectivity index (χ1n) is 8.97. The van der Waals surface area contributed by atoms with Crippen molar-refractivity contribution in [1.82, 2.24) is 0 Å². The number of amides is 1. The minimum absolute atomic E-state index is 0.0541. The Balaban J connectivity index is 1.76. The molecule has 0 aliphatic rings. The van der Waals surface area contributed by atoms with Gasteiger partial charge in [0, 0.05) is 26.9 Å². The molecule has 4 rings (SSSR count). The van der Waals surface area contributed by atoms with Crippen LogP contribution in [0.3, 0.4) is 0 Å². The van der Waals surface area contributed by atoms with Gasteiger partial charge in [0.15, 0.2) is 11.3 Å². The van der Waals surface area contributed by atoms with Gasteiger partial charge < -0.3 is 19.6 Å². The summed E-state index contributed by atoms with van der Waals surface area (Å²) in [5, 5.41) is 23.4. The summed E-state index contributed by atoms with van der Waals surface area (Å²) in [6.07, 6.45) is 0. The Bertz CT molecular complexity index is 1390. The fourth-order valence-corrected chi connectivity index (χ4v) is 4.30. The minimum Gasteiger partial charge on any atom is -0.504 e. The molecule has 0 spiro atoms. The number of hydrogen-bond donors (Lipinski definition) is 3. The molecule has 2 aromatic heterocycles. The van der Waals surface area contributed by atoms with Crippen LogP contribution in [0.15, 0.2) is 58.3 Å². The summed E-state index contributed by atoms with van der Waals surface area (Å²) in [4.78, 5) is 25.4. The van der Waals surface area contributed by atoms with Crippen LogP contribution in [-0.4, -0.2) is 24.1 Å². The second-order valence-electron chi connectivity index (χ2n) is 6.46. The molecule has 0 bridgehead atoms. The van der Waals surface area contributed by atoms with Gasteiger partial charge >= 0.3 is 5.97 Å². The van der Waals surface area contributed by atoms with Crippen LogP contribution in [0.4, 0.5) is 5.00 Å². The maximum Gasteiger partial charge on any atom is 0.341 e. The molecule has 31 heavy (non-hydrogen) atoms. The summed E-state index contributed by atoms with van der Waals surface area (Å²) < 4.78 is 10.2. The van der Waals surface area contributed by atoms with Crippen LogP contribution in [0.2, 0.25) is 5.02 Å². The zero-order chi connectivity index (χ0) is 22.1. The zero-order valence-corrected chi connectivity index (χ0v) is 17.6. The molecule has 0 radical (unpaired) electrons. The monoisotopic (exact) mass is 454 g/mol. The number of aromatic hydroxyl groups is 1. The third kappa shape index (κ3) is 3.78. The fourth-order valence-electron chi connectivity index (χ4n) is 3.12. The molecule has 3 N–H and O–H groups in total. The molecule has 1 amide bonds. The number of phenols is 1. The van der Waals surface area contributed by atoms with Gasteiger partial charge in [-0.3, -0.25) is 10.2 Å². The molecule has 4 aromatic rings. The highest BCUT2D eigenvalue weighted by molar-refractivity contribution is 7.15. The number of ether oxygens (including phenoxy) is 1. The van der Waals surface area contributed by atoms with Crippen molar-refractivity contribution in [1.29, 1.82) is 5.41 Å². The maximum atomic E-state index is 12.9. The van der Waals surface area contributed by atoms with Gasteiger partial charge in [-0.2, -0.15) is 0 Å². The summed E-state index contributed by atoms with van der Waals surface area (Å²) in [6.45, 7) is 0. The second-order valence-corrected chi connectivity index (χ2v) is 7.75. The number of anilines is 1. The highest BCUT2D eigenvalue weighted by Gasteiger charge is 2.24. The van der Waals surface area contributed by atoms with Crippen LogP contribution in [-0.2, 0) is 4.74 Å². The van der Waals surface area contributed by atoms with Crippen molar-refractivity contribution in [3.63, 3.8) is 0 Å². The third-order valence-electron chi connectivity index (χ3n) is 4.59. The Morgan fingerprint density at radius 3 is 2.68 bits per heavy atom. The van der Waals surface area contributed by atoms with E-state index < -0.39 is 17.4 Å². The molecule has 2 heterocycles. The van der Waals surface area contributed by atoms with E-state index in [1.807, 2.05) is 0 Å². The topological polar surface area (TPSA) is 113 Å². The van der Waals surface area contributed by atoms with Crippen molar-refractivity contribution < 1.29 is 23.8 Å². The minimum atomic E-state index is -0.642. The van der Waals surface area contributed by atoms with Gasteiger partial charge in [0.25, 0.3) is 5.91 Å². The predicted molar refractivity (Wildman–Crippen MR) is 118 cm³/mol. The van der Waals surface area contributed by atoms with Gasteiger partial charge in [0.2, 0.25) is 5.55 Å². The summed E-state index contributed by atoms with van der Waals surface area (Å²) >= 11 is 7.42. The van der Waals surface area contributed by atoms with E-state index in [4.69, 9.17) is 26.2 Å². The summed E-state index contributed by atoms with van der Waals surface area (Å²) in [5.41, 5.74) is 0.943. The molecule has 0 aliphatic carbocycles. The lowest BCUT2D eigenvalue weighted by molar-refractivity contribution is 0.0603. The van der Waals surface area contributed by atoms with E-state index in [0.29, 0.717) is 21.5 Å². The van der Waals surface area contributed by atoms with Crippen LogP contribution >= 0.6 is 22.9 Å². The van der Waals surface area contributed by atoms with Crippen molar-refractivity contribution in [2.24, 2.45) is 0 Å². The molecule has 2 aromatic carbocycles. The normalized spacial score (nSPS) is 10.8. The van der Waals surface area contributed by atoms with Gasteiger partial charge in [-0.15, -0.1) is 11.3 Å². The Labute approximate surface area is 185 Å². The Morgan fingerprint density at radius 2 is 1.94 bits per heavy atom. The van der Waals surface area contributed by atoms with E-state index in [1.165, 1.54) is 19.2 Å². The number of esters is 1. The molecule has 9 heteroatoms. The van der Waals surface area contributed by atoms with Gasteiger partial charge in [-0.25, -0.2) is 4.79 Å². The quantitative estimate of drug-likeness (QED) is 0.374. The average molecular weight is 455 g/mol. The van der Waals surface area contributed by atoms with Crippen molar-refractivity contribution >= 4 is 50.8 Å². The Hall–Kier alpha value is -3.62. The number of carbonyl (C=O) groups excluding carboxylic acids is 2. The zero-order valence-electron chi connectivity index (χ0n) is 16.1. The summed E-state index contributed by atoms with van der Waals surface area (Å²) in [6, 6.07) is 13.1. The Kier molecular flexibility index (Phi) is 5.50. The van der Waals surface area contributed by atoms with E-state index >= 15 is 0 Å². The van der Waals surface area contributed by atoms with Crippen LogP contribution in [0.1, 0.15) is 20.7 Å². The lowest BCUT2D eigenvalue weighted by Gasteiger charge is -2.09. The number of hydrogen-bond acceptors (Lipinski definition) is 7. The van der Waals surface area contributed by atoms with Gasteiger partial charge in [-0.05, 0) is 18.2 Å². The maximum absolute atomic E-state index is 12.9. The molecule has 0 atom stereocenters. The van der Waals surface area contributed by atoms with E-state index in [0.717, 1.165) is 11.3 Å². The van der Waals surface area contributed by atoms with Crippen molar-refractivity contribution in [2.45, 2.75) is 0 Å². The molecule has 0 fully saturated rings. The lowest BCUT2D eigenvalue weighted by Crippen LogP contribution is -2.21. The number of phenolic OH excluding ortho intramolecular Hbond substituents is 1. The number of para-hydroxylation sites is 1. The summed E-state index contributed by atoms with van der Waals surface area (Å²) in [7, 11) is 1.25. The number of rotatable bonds is 4. The number of methoxy groups -OCH3 is 1. The van der Waals surface area contributed by atoms with Crippen LogP contribution in [0.25, 0.3) is 22.1 Å². The largest absolute Gasteiger partial charge is 0.504 e. The first-order valence-corrected chi connectivity index (χ1v) is 10.2. The average Bonchev–Trinajstić information content (AvgIpc) is 3.17. The van der Waals surface area contributed by atoms with Crippen molar-refractivity contribution in [3.05, 3.63) is 75.6 Å². The number of benzene rings is 2. The molecular weight excluding hydrogens is 440 g/mol. The third-order valence-corrected chi connectivity index (χ3v) is 5.81. The molecule has 0 saturated heterocycles. The number of fused-ring (bicyclic) bond motifs is 1. The second kappa shape index (κ2) is 8.25. The van der Waals surface area contributed by atoms with E-state index in [-0.39, 0.29) is 27.5 Å². The van der Waals surface area contributed by atoms with Crippen LogP contribution in [0.5, 0.6) is 5.75 Å². The van der Waals surface area contributed by atoms with Crippen LogP contribution < -0.4 is 10.9 Å². The molecule has 0 saturated carbocycles. The number of halogens is 1. The van der Waals surface area contributed by atoms with E-state index in [9.17, 15) is 14.7 Å². The van der Waals surface area contributed by atoms with Crippen LogP contribution in [0, 0.1) is 5.41 Å². The molecule has 7 nitrogen and oxygen atoms in total. The predicted octanol–water partition coefficient (Wildman–Crippen LogP) is 5.04. The summed E-state index contributed by atoms with van der Waals surface area (Å²) in [5.74, 6) is -1.41. The molecule has 0 unspecified atom stereocenters. The van der Waals surface area contributed by atoms with E-state index in [2.05, 4.69) is 5.32 Å². The highest BCUT2D eigenvalue weighted by Crippen LogP contribution is 2.39. The lowest BCUT2D eigenvalue weighted by atomic mass is 10.0. The SMILES string of the molecule is COC(=O)c1c(-c2ccccc2Cl)csc1NC(=O)c1cc2cccc(O)c2oc1=N. The van der Waals surface area contributed by atoms with Gasteiger partial charge in [0.1, 0.15) is 16.1 Å². The smallest absolute Gasteiger partial charge is 0.341 e. The fraction of sp³-hybridized carbons (Fsp3) is 0.0455. The van der Waals surface area contributed by atoms with E-state index in [1.54, 1.807) is 41.8 Å². The first kappa shape index (κ1) is 20.6. The molecular formula is C22H15ClN2O5S. The first-order chi connectivity index (χ1) is 14.9. The standard InChI is InChI=1S/C22H15ClN2O5S/c1-29-22(28)17-14(12-6-2-3-7-15(12)23)10-31-21(17)25-20(27)13-9-11-5-4-8-16(26)18(11)30-19(13)24/h2-10,24,26H,1H3,(H,25,27). The van der Waals surface area contributed by atoms with Crippen molar-refractivity contribution in [2.75, 3.05) is 12.4 Å². The highest BCUT2D eigenvalue weighted by atomic mass is 35.5. The number of thiophene rings is 1. The van der Waals surface area contributed by atoms with Crippen molar-refractivity contribution in [3.8, 4) is 16.9 Å². The molecule has 156 valence electrons.